The minimum absolute atomic E-state index is 0.00855. The van der Waals surface area contributed by atoms with Gasteiger partial charge in [0.1, 0.15) is 6.04 Å². The zero-order chi connectivity index (χ0) is 22.5. The van der Waals surface area contributed by atoms with Gasteiger partial charge in [0.25, 0.3) is 0 Å². The summed E-state index contributed by atoms with van der Waals surface area (Å²) in [4.78, 5) is 42.5. The lowest BCUT2D eigenvalue weighted by molar-refractivity contribution is -0.150. The van der Waals surface area contributed by atoms with Crippen LogP contribution in [-0.4, -0.2) is 33.9 Å². The summed E-state index contributed by atoms with van der Waals surface area (Å²) in [6, 6.07) is -0.804. The van der Waals surface area contributed by atoms with Crippen molar-refractivity contribution in [3.63, 3.8) is 0 Å². The molecule has 0 aromatic carbocycles. The Morgan fingerprint density at radius 1 is 1.20 bits per heavy atom. The summed E-state index contributed by atoms with van der Waals surface area (Å²) in [7, 11) is 0. The van der Waals surface area contributed by atoms with E-state index in [4.69, 9.17) is 0 Å². The molecule has 1 aliphatic rings. The molecule has 3 atom stereocenters. The van der Waals surface area contributed by atoms with Gasteiger partial charge in [0.2, 0.25) is 11.8 Å². The van der Waals surface area contributed by atoms with Crippen molar-refractivity contribution >= 4 is 34.3 Å². The van der Waals surface area contributed by atoms with E-state index in [1.807, 2.05) is 34.6 Å². The van der Waals surface area contributed by atoms with Crippen molar-refractivity contribution in [2.75, 3.05) is 5.32 Å². The molecular weight excluding hydrogens is 402 g/mol. The second-order valence-electron chi connectivity index (χ2n) is 9.78. The van der Waals surface area contributed by atoms with Crippen molar-refractivity contribution in [3.05, 3.63) is 11.6 Å². The molecule has 30 heavy (non-hydrogen) atoms. The van der Waals surface area contributed by atoms with Crippen LogP contribution in [0, 0.1) is 29.1 Å². The number of carbonyl (C=O) groups excluding carboxylic acids is 2. The van der Waals surface area contributed by atoms with E-state index in [2.05, 4.69) is 15.6 Å². The van der Waals surface area contributed by atoms with E-state index in [1.54, 1.807) is 11.6 Å². The monoisotopic (exact) mass is 437 g/mol. The Morgan fingerprint density at radius 2 is 1.83 bits per heavy atom. The molecule has 0 radical (unpaired) electrons. The summed E-state index contributed by atoms with van der Waals surface area (Å²) < 4.78 is 0. The van der Waals surface area contributed by atoms with Crippen LogP contribution in [0.25, 0.3) is 0 Å². The minimum Gasteiger partial charge on any atom is -0.481 e. The summed E-state index contributed by atoms with van der Waals surface area (Å²) in [6.45, 7) is 9.61. The second-order valence-corrected chi connectivity index (χ2v) is 10.7. The molecule has 168 valence electrons. The zero-order valence-corrected chi connectivity index (χ0v) is 19.4. The first kappa shape index (κ1) is 24.3. The van der Waals surface area contributed by atoms with Gasteiger partial charge in [0.05, 0.1) is 11.8 Å². The molecule has 1 aliphatic carbocycles. The minimum atomic E-state index is -0.915. The standard InChI is InChI=1S/C22H35N3O4S/c1-13(2)12-15(16(20(28)29)14-8-6-7-9-14)18(26)24-17(22(3,4)5)19(27)25-21-23-10-11-30-21/h10-11,13-17H,6-9,12H2,1-5H3,(H,24,26)(H,28,29)(H,23,25,27). The number of nitrogens with one attached hydrogen (secondary N) is 2. The third-order valence-electron chi connectivity index (χ3n) is 5.77. The van der Waals surface area contributed by atoms with Crippen LogP contribution in [0.5, 0.6) is 0 Å². The van der Waals surface area contributed by atoms with Gasteiger partial charge in [0.15, 0.2) is 5.13 Å². The first-order valence-corrected chi connectivity index (χ1v) is 11.6. The highest BCUT2D eigenvalue weighted by Crippen LogP contribution is 2.38. The van der Waals surface area contributed by atoms with Gasteiger partial charge < -0.3 is 15.7 Å². The Hall–Kier alpha value is -1.96. The van der Waals surface area contributed by atoms with Gasteiger partial charge in [-0.05, 0) is 36.5 Å². The molecule has 0 saturated heterocycles. The van der Waals surface area contributed by atoms with E-state index in [-0.39, 0.29) is 23.7 Å². The largest absolute Gasteiger partial charge is 0.481 e. The summed E-state index contributed by atoms with van der Waals surface area (Å²) in [6.07, 6.45) is 5.77. The summed E-state index contributed by atoms with van der Waals surface area (Å²) in [5.41, 5.74) is -0.550. The lowest BCUT2D eigenvalue weighted by Crippen LogP contribution is -2.54. The Morgan fingerprint density at radius 3 is 2.30 bits per heavy atom. The number of anilines is 1. The first-order valence-electron chi connectivity index (χ1n) is 10.7. The fourth-order valence-electron chi connectivity index (χ4n) is 4.33. The zero-order valence-electron chi connectivity index (χ0n) is 18.6. The van der Waals surface area contributed by atoms with Gasteiger partial charge >= 0.3 is 5.97 Å². The van der Waals surface area contributed by atoms with Gasteiger partial charge in [-0.2, -0.15) is 0 Å². The maximum atomic E-state index is 13.4. The number of hydrogen-bond donors (Lipinski definition) is 3. The number of aliphatic carboxylic acids is 1. The number of rotatable bonds is 9. The number of carbonyl (C=O) groups is 3. The fraction of sp³-hybridized carbons (Fsp3) is 0.727. The van der Waals surface area contributed by atoms with Crippen LogP contribution in [0.1, 0.15) is 66.7 Å². The smallest absolute Gasteiger partial charge is 0.307 e. The highest BCUT2D eigenvalue weighted by atomic mass is 32.1. The molecule has 2 rings (SSSR count). The van der Waals surface area contributed by atoms with Crippen molar-refractivity contribution < 1.29 is 19.5 Å². The summed E-state index contributed by atoms with van der Waals surface area (Å²) >= 11 is 1.31. The number of nitrogens with zero attached hydrogens (tertiary/aromatic N) is 1. The van der Waals surface area contributed by atoms with Crippen molar-refractivity contribution in [2.24, 2.45) is 29.1 Å². The SMILES string of the molecule is CC(C)CC(C(=O)NC(C(=O)Nc1nccs1)C(C)(C)C)C(C(=O)O)C1CCCC1. The molecule has 8 heteroatoms. The predicted molar refractivity (Wildman–Crippen MR) is 118 cm³/mol. The molecular formula is C22H35N3O4S. The van der Waals surface area contributed by atoms with Crippen LogP contribution in [0.2, 0.25) is 0 Å². The van der Waals surface area contributed by atoms with E-state index >= 15 is 0 Å². The number of thiazole rings is 1. The maximum absolute atomic E-state index is 13.4. The molecule has 3 unspecified atom stereocenters. The lowest BCUT2D eigenvalue weighted by Gasteiger charge is -2.34. The molecule has 1 aromatic heterocycles. The van der Waals surface area contributed by atoms with Crippen LogP contribution in [0.4, 0.5) is 5.13 Å². The Balaban J connectivity index is 2.25. The van der Waals surface area contributed by atoms with Gasteiger partial charge in [-0.25, -0.2) is 4.98 Å². The van der Waals surface area contributed by atoms with Crippen LogP contribution in [0.3, 0.4) is 0 Å². The van der Waals surface area contributed by atoms with Gasteiger partial charge in [0, 0.05) is 11.6 Å². The number of amides is 2. The number of carboxylic acid groups (broad SMARTS) is 1. The predicted octanol–water partition coefficient (Wildman–Crippen LogP) is 4.17. The third kappa shape index (κ3) is 6.52. The molecule has 0 aliphatic heterocycles. The van der Waals surface area contributed by atoms with Crippen LogP contribution >= 0.6 is 11.3 Å². The van der Waals surface area contributed by atoms with E-state index in [0.717, 1.165) is 25.7 Å². The van der Waals surface area contributed by atoms with E-state index in [1.165, 1.54) is 11.3 Å². The Labute approximate surface area is 183 Å². The van der Waals surface area contributed by atoms with E-state index < -0.39 is 29.3 Å². The van der Waals surface area contributed by atoms with Gasteiger partial charge in [-0.1, -0.05) is 47.5 Å². The number of aromatic nitrogens is 1. The van der Waals surface area contributed by atoms with Crippen molar-refractivity contribution in [2.45, 2.75) is 72.8 Å². The van der Waals surface area contributed by atoms with Gasteiger partial charge in [-0.3, -0.25) is 14.4 Å². The molecule has 2 amide bonds. The van der Waals surface area contributed by atoms with Crippen molar-refractivity contribution in [3.8, 4) is 0 Å². The highest BCUT2D eigenvalue weighted by molar-refractivity contribution is 7.13. The topological polar surface area (TPSA) is 108 Å². The van der Waals surface area contributed by atoms with Crippen LogP contribution in [-0.2, 0) is 14.4 Å². The fourth-order valence-corrected chi connectivity index (χ4v) is 4.86. The Bertz CT molecular complexity index is 721. The summed E-state index contributed by atoms with van der Waals surface area (Å²) in [5, 5.41) is 17.9. The summed E-state index contributed by atoms with van der Waals surface area (Å²) in [5.74, 6) is -2.82. The van der Waals surface area contributed by atoms with Crippen molar-refractivity contribution in [1.82, 2.24) is 10.3 Å². The van der Waals surface area contributed by atoms with Gasteiger partial charge in [-0.15, -0.1) is 11.3 Å². The van der Waals surface area contributed by atoms with E-state index in [0.29, 0.717) is 11.6 Å². The molecule has 0 spiro atoms. The van der Waals surface area contributed by atoms with Crippen molar-refractivity contribution in [1.29, 1.82) is 0 Å². The maximum Gasteiger partial charge on any atom is 0.307 e. The second kappa shape index (κ2) is 10.4. The van der Waals surface area contributed by atoms with E-state index in [9.17, 15) is 19.5 Å². The normalized spacial score (nSPS) is 18.1. The highest BCUT2D eigenvalue weighted by Gasteiger charge is 2.43. The van der Waals surface area contributed by atoms with Crippen LogP contribution < -0.4 is 10.6 Å². The molecule has 1 saturated carbocycles. The van der Waals surface area contributed by atoms with Crippen LogP contribution in [0.15, 0.2) is 11.6 Å². The number of carboxylic acids is 1. The number of hydrogen-bond acceptors (Lipinski definition) is 5. The quantitative estimate of drug-likeness (QED) is 0.537. The molecule has 1 aromatic rings. The lowest BCUT2D eigenvalue weighted by atomic mass is 9.75. The molecule has 1 fully saturated rings. The molecule has 7 nitrogen and oxygen atoms in total. The molecule has 3 N–H and O–H groups in total. The third-order valence-corrected chi connectivity index (χ3v) is 6.45. The molecule has 1 heterocycles. The Kier molecular flexibility index (Phi) is 8.41. The average Bonchev–Trinajstić information content (AvgIpc) is 3.31. The average molecular weight is 438 g/mol. The molecule has 0 bridgehead atoms. The first-order chi connectivity index (χ1) is 14.0.